The zero-order valence-electron chi connectivity index (χ0n) is 9.79. The van der Waals surface area contributed by atoms with Crippen molar-refractivity contribution in [1.82, 2.24) is 0 Å². The van der Waals surface area contributed by atoms with E-state index in [2.05, 4.69) is 5.32 Å². The van der Waals surface area contributed by atoms with Gasteiger partial charge >= 0.3 is 0 Å². The molecule has 0 heterocycles. The van der Waals surface area contributed by atoms with Crippen LogP contribution in [0.3, 0.4) is 0 Å². The molecule has 0 radical (unpaired) electrons. The van der Waals surface area contributed by atoms with Crippen molar-refractivity contribution in [2.45, 2.75) is 38.1 Å². The molecule has 0 unspecified atom stereocenters. The summed E-state index contributed by atoms with van der Waals surface area (Å²) in [6, 6.07) is 3.12. The van der Waals surface area contributed by atoms with E-state index in [1.807, 2.05) is 0 Å². The minimum Gasteiger partial charge on any atom is -0.376 e. The predicted octanol–water partition coefficient (Wildman–Crippen LogP) is 4.65. The molecule has 1 aromatic rings. The van der Waals surface area contributed by atoms with Crippen LogP contribution < -0.4 is 5.32 Å². The Labute approximate surface area is 115 Å². The van der Waals surface area contributed by atoms with E-state index >= 15 is 0 Å². The van der Waals surface area contributed by atoms with Crippen LogP contribution >= 0.6 is 23.2 Å². The van der Waals surface area contributed by atoms with Gasteiger partial charge in [-0.3, -0.25) is 10.1 Å². The molecule has 0 aliphatic heterocycles. The van der Waals surface area contributed by atoms with Crippen molar-refractivity contribution in [3.05, 3.63) is 32.3 Å². The van der Waals surface area contributed by atoms with E-state index in [1.165, 1.54) is 18.6 Å². The van der Waals surface area contributed by atoms with Crippen molar-refractivity contribution in [3.63, 3.8) is 0 Å². The summed E-state index contributed by atoms with van der Waals surface area (Å²) in [7, 11) is 0. The Morgan fingerprint density at radius 3 is 2.50 bits per heavy atom. The Balaban J connectivity index is 2.27. The van der Waals surface area contributed by atoms with Crippen LogP contribution in [0.5, 0.6) is 0 Å². The van der Waals surface area contributed by atoms with Crippen molar-refractivity contribution in [2.24, 2.45) is 0 Å². The molecule has 0 spiro atoms. The molecule has 98 valence electrons. The number of halogens is 2. The largest absolute Gasteiger partial charge is 0.376 e. The van der Waals surface area contributed by atoms with Crippen LogP contribution in [0.15, 0.2) is 12.1 Å². The normalized spacial score (nSPS) is 16.6. The first kappa shape index (κ1) is 13.4. The highest BCUT2D eigenvalue weighted by Crippen LogP contribution is 2.37. The zero-order valence-corrected chi connectivity index (χ0v) is 11.3. The fourth-order valence-electron chi connectivity index (χ4n) is 2.30. The first-order valence-electron chi connectivity index (χ1n) is 5.98. The molecule has 1 aliphatic rings. The number of nitro groups is 1. The minimum absolute atomic E-state index is 0.0573. The number of nitrogens with zero attached hydrogens (tertiary/aromatic N) is 1. The molecule has 0 aromatic heterocycles. The van der Waals surface area contributed by atoms with Gasteiger partial charge < -0.3 is 5.32 Å². The molecule has 2 rings (SSSR count). The summed E-state index contributed by atoms with van der Waals surface area (Å²) in [4.78, 5) is 10.6. The van der Waals surface area contributed by atoms with Crippen LogP contribution in [0.4, 0.5) is 11.4 Å². The van der Waals surface area contributed by atoms with Gasteiger partial charge in [0.25, 0.3) is 5.69 Å². The Morgan fingerprint density at radius 2 is 1.89 bits per heavy atom. The Hall–Kier alpha value is -1.00. The van der Waals surface area contributed by atoms with E-state index < -0.39 is 4.92 Å². The van der Waals surface area contributed by atoms with Crippen LogP contribution in [-0.4, -0.2) is 11.0 Å². The first-order valence-corrected chi connectivity index (χ1v) is 6.73. The second-order valence-electron chi connectivity index (χ2n) is 4.52. The summed E-state index contributed by atoms with van der Waals surface area (Å²) in [6.45, 7) is 0. The summed E-state index contributed by atoms with van der Waals surface area (Å²) in [5.74, 6) is 0. The van der Waals surface area contributed by atoms with E-state index in [4.69, 9.17) is 23.2 Å². The Bertz CT molecular complexity index is 460. The van der Waals surface area contributed by atoms with Gasteiger partial charge in [-0.1, -0.05) is 42.5 Å². The lowest BCUT2D eigenvalue weighted by molar-refractivity contribution is -0.384. The predicted molar refractivity (Wildman–Crippen MR) is 73.6 cm³/mol. The van der Waals surface area contributed by atoms with E-state index in [9.17, 15) is 10.1 Å². The fourth-order valence-corrected chi connectivity index (χ4v) is 2.84. The van der Waals surface area contributed by atoms with Gasteiger partial charge in [0, 0.05) is 17.1 Å². The molecule has 0 amide bonds. The first-order chi connectivity index (χ1) is 8.58. The summed E-state index contributed by atoms with van der Waals surface area (Å²) in [5, 5.41) is 14.8. The molecule has 4 nitrogen and oxygen atoms in total. The van der Waals surface area contributed by atoms with Gasteiger partial charge in [0.05, 0.1) is 9.95 Å². The molecule has 1 aromatic carbocycles. The third kappa shape index (κ3) is 3.06. The van der Waals surface area contributed by atoms with E-state index in [0.29, 0.717) is 10.7 Å². The summed E-state index contributed by atoms with van der Waals surface area (Å²) < 4.78 is 0. The molecule has 1 aliphatic carbocycles. The van der Waals surface area contributed by atoms with Gasteiger partial charge in [-0.15, -0.1) is 0 Å². The van der Waals surface area contributed by atoms with E-state index in [1.54, 1.807) is 0 Å². The zero-order chi connectivity index (χ0) is 13.1. The molecule has 1 fully saturated rings. The molecular weight excluding hydrogens is 275 g/mol. The highest BCUT2D eigenvalue weighted by atomic mass is 35.5. The van der Waals surface area contributed by atoms with Crippen LogP contribution in [0.2, 0.25) is 10.0 Å². The maximum atomic E-state index is 11.0. The lowest BCUT2D eigenvalue weighted by atomic mass is 9.95. The van der Waals surface area contributed by atoms with Crippen LogP contribution in [0, 0.1) is 10.1 Å². The van der Waals surface area contributed by atoms with Crippen LogP contribution in [0.25, 0.3) is 0 Å². The summed E-state index contributed by atoms with van der Waals surface area (Å²) >= 11 is 11.8. The van der Waals surface area contributed by atoms with Gasteiger partial charge in [-0.05, 0) is 18.9 Å². The van der Waals surface area contributed by atoms with E-state index in [0.717, 1.165) is 25.7 Å². The number of nitro benzene ring substituents is 1. The fraction of sp³-hybridized carbons (Fsp3) is 0.500. The highest BCUT2D eigenvalue weighted by molar-refractivity contribution is 6.37. The number of hydrogen-bond donors (Lipinski definition) is 1. The Kier molecular flexibility index (Phi) is 4.30. The van der Waals surface area contributed by atoms with Crippen molar-refractivity contribution in [3.8, 4) is 0 Å². The molecule has 1 saturated carbocycles. The number of nitrogens with one attached hydrogen (secondary N) is 1. The molecule has 1 N–H and O–H groups in total. The number of hydrogen-bond acceptors (Lipinski definition) is 3. The molecule has 18 heavy (non-hydrogen) atoms. The van der Waals surface area contributed by atoms with Crippen LogP contribution in [-0.2, 0) is 0 Å². The second kappa shape index (κ2) is 5.76. The lowest BCUT2D eigenvalue weighted by Crippen LogP contribution is -2.22. The topological polar surface area (TPSA) is 55.2 Å². The SMILES string of the molecule is O=[N+]([O-])c1cc(Cl)cc(Cl)c1NC1CCCCC1. The van der Waals surface area contributed by atoms with Gasteiger partial charge in [0.15, 0.2) is 0 Å². The standard InChI is InChI=1S/C12H14Cl2N2O2/c13-8-6-10(14)12(11(7-8)16(17)18)15-9-4-2-1-3-5-9/h6-7,9,15H,1-5H2. The maximum Gasteiger partial charge on any atom is 0.295 e. The van der Waals surface area contributed by atoms with Crippen LogP contribution in [0.1, 0.15) is 32.1 Å². The Morgan fingerprint density at radius 1 is 1.22 bits per heavy atom. The van der Waals surface area contributed by atoms with Crippen molar-refractivity contribution >= 4 is 34.6 Å². The van der Waals surface area contributed by atoms with Crippen molar-refractivity contribution < 1.29 is 4.92 Å². The lowest BCUT2D eigenvalue weighted by Gasteiger charge is -2.24. The van der Waals surface area contributed by atoms with E-state index in [-0.39, 0.29) is 16.8 Å². The number of rotatable bonds is 3. The highest BCUT2D eigenvalue weighted by Gasteiger charge is 2.22. The summed E-state index contributed by atoms with van der Waals surface area (Å²) in [5.41, 5.74) is 0.330. The molecule has 0 bridgehead atoms. The summed E-state index contributed by atoms with van der Waals surface area (Å²) in [6.07, 6.45) is 5.58. The minimum atomic E-state index is -0.455. The molecule has 0 saturated heterocycles. The monoisotopic (exact) mass is 288 g/mol. The number of anilines is 1. The molecule has 0 atom stereocenters. The molecular formula is C12H14Cl2N2O2. The van der Waals surface area contributed by atoms with Gasteiger partial charge in [-0.2, -0.15) is 0 Å². The van der Waals surface area contributed by atoms with Gasteiger partial charge in [0.1, 0.15) is 5.69 Å². The maximum absolute atomic E-state index is 11.0. The smallest absolute Gasteiger partial charge is 0.295 e. The number of benzene rings is 1. The molecule has 6 heteroatoms. The third-order valence-corrected chi connectivity index (χ3v) is 3.70. The quantitative estimate of drug-likeness (QED) is 0.651. The van der Waals surface area contributed by atoms with Crippen molar-refractivity contribution in [1.29, 1.82) is 0 Å². The second-order valence-corrected chi connectivity index (χ2v) is 5.36. The van der Waals surface area contributed by atoms with Crippen molar-refractivity contribution in [2.75, 3.05) is 5.32 Å². The van der Waals surface area contributed by atoms with Gasteiger partial charge in [-0.25, -0.2) is 0 Å². The van der Waals surface area contributed by atoms with Gasteiger partial charge in [0.2, 0.25) is 0 Å². The average Bonchev–Trinajstić information content (AvgIpc) is 2.33. The average molecular weight is 289 g/mol. The third-order valence-electron chi connectivity index (χ3n) is 3.18.